The van der Waals surface area contributed by atoms with E-state index in [2.05, 4.69) is 4.98 Å². The Hall–Kier alpha value is -1.78. The van der Waals surface area contributed by atoms with E-state index in [4.69, 9.17) is 33.0 Å². The normalized spacial score (nSPS) is 10.1. The fourth-order valence-electron chi connectivity index (χ4n) is 1.31. The molecule has 0 unspecified atom stereocenters. The number of hydrogen-bond donors (Lipinski definition) is 1. The van der Waals surface area contributed by atoms with E-state index in [1.165, 1.54) is 24.5 Å². The summed E-state index contributed by atoms with van der Waals surface area (Å²) in [6.07, 6.45) is 2.69. The molecule has 0 aliphatic rings. The Kier molecular flexibility index (Phi) is 3.69. The average Bonchev–Trinajstić information content (AvgIpc) is 2.33. The fraction of sp³-hybridized carbons (Fsp3) is 0. The zero-order chi connectivity index (χ0) is 13.1. The molecule has 1 N–H and O–H groups in total. The number of benzene rings is 1. The second-order valence-electron chi connectivity index (χ2n) is 3.35. The van der Waals surface area contributed by atoms with Crippen LogP contribution in [0.15, 0.2) is 36.7 Å². The quantitative estimate of drug-likeness (QED) is 0.929. The van der Waals surface area contributed by atoms with Crippen molar-refractivity contribution < 1.29 is 14.6 Å². The monoisotopic (exact) mass is 283 g/mol. The summed E-state index contributed by atoms with van der Waals surface area (Å²) in [5, 5.41) is 9.76. The van der Waals surface area contributed by atoms with Crippen LogP contribution in [-0.4, -0.2) is 16.1 Å². The van der Waals surface area contributed by atoms with Gasteiger partial charge in [0.05, 0.1) is 11.2 Å². The number of carboxylic acids is 1. The van der Waals surface area contributed by atoms with Gasteiger partial charge in [0.15, 0.2) is 5.75 Å². The van der Waals surface area contributed by atoms with Crippen LogP contribution in [-0.2, 0) is 0 Å². The van der Waals surface area contributed by atoms with Crippen LogP contribution in [0.25, 0.3) is 0 Å². The van der Waals surface area contributed by atoms with E-state index in [9.17, 15) is 4.79 Å². The number of rotatable bonds is 3. The van der Waals surface area contributed by atoms with Gasteiger partial charge in [-0.2, -0.15) is 0 Å². The zero-order valence-electron chi connectivity index (χ0n) is 8.93. The molecule has 0 bridgehead atoms. The molecule has 0 aliphatic heterocycles. The molecule has 0 saturated heterocycles. The molecule has 1 heterocycles. The highest BCUT2D eigenvalue weighted by molar-refractivity contribution is 6.35. The molecule has 0 saturated carbocycles. The van der Waals surface area contributed by atoms with Gasteiger partial charge in [-0.3, -0.25) is 4.98 Å². The van der Waals surface area contributed by atoms with Crippen LogP contribution in [0.4, 0.5) is 0 Å². The van der Waals surface area contributed by atoms with Crippen LogP contribution < -0.4 is 4.74 Å². The summed E-state index contributed by atoms with van der Waals surface area (Å²) in [5.41, 5.74) is 0.0102. The summed E-state index contributed by atoms with van der Waals surface area (Å²) >= 11 is 11.7. The number of pyridine rings is 1. The van der Waals surface area contributed by atoms with E-state index in [1.807, 2.05) is 0 Å². The van der Waals surface area contributed by atoms with Gasteiger partial charge in [0.1, 0.15) is 11.3 Å². The Morgan fingerprint density at radius 1 is 1.22 bits per heavy atom. The number of nitrogens with zero attached hydrogens (tertiary/aromatic N) is 1. The van der Waals surface area contributed by atoms with Gasteiger partial charge in [-0.15, -0.1) is 0 Å². The van der Waals surface area contributed by atoms with Crippen LogP contribution in [0.2, 0.25) is 10.0 Å². The lowest BCUT2D eigenvalue weighted by atomic mass is 10.2. The molecule has 4 nitrogen and oxygen atoms in total. The summed E-state index contributed by atoms with van der Waals surface area (Å²) in [4.78, 5) is 14.8. The van der Waals surface area contributed by atoms with E-state index in [-0.39, 0.29) is 11.3 Å². The summed E-state index contributed by atoms with van der Waals surface area (Å²) in [6, 6.07) is 6.01. The topological polar surface area (TPSA) is 59.4 Å². The minimum Gasteiger partial charge on any atom is -0.478 e. The number of aromatic carboxylic acids is 1. The largest absolute Gasteiger partial charge is 0.478 e. The molecule has 0 radical (unpaired) electrons. The number of carbonyl (C=O) groups is 1. The first kappa shape index (κ1) is 12.7. The van der Waals surface area contributed by atoms with E-state index in [1.54, 1.807) is 12.1 Å². The molecule has 0 spiro atoms. The lowest BCUT2D eigenvalue weighted by Gasteiger charge is -2.09. The van der Waals surface area contributed by atoms with E-state index in [0.717, 1.165) is 0 Å². The van der Waals surface area contributed by atoms with Crippen LogP contribution in [0.3, 0.4) is 0 Å². The number of halogens is 2. The lowest BCUT2D eigenvalue weighted by molar-refractivity contribution is 0.0694. The van der Waals surface area contributed by atoms with Gasteiger partial charge >= 0.3 is 5.97 Å². The second-order valence-corrected chi connectivity index (χ2v) is 4.20. The van der Waals surface area contributed by atoms with Crippen molar-refractivity contribution in [3.63, 3.8) is 0 Å². The number of ether oxygens (including phenoxy) is 1. The lowest BCUT2D eigenvalue weighted by Crippen LogP contribution is -2.00. The first-order chi connectivity index (χ1) is 8.58. The Balaban J connectivity index is 2.37. The Morgan fingerprint density at radius 2 is 2.00 bits per heavy atom. The van der Waals surface area contributed by atoms with Crippen molar-refractivity contribution in [3.05, 3.63) is 52.3 Å². The Bertz CT molecular complexity index is 602. The zero-order valence-corrected chi connectivity index (χ0v) is 10.4. The van der Waals surface area contributed by atoms with Gasteiger partial charge in [-0.25, -0.2) is 4.79 Å². The van der Waals surface area contributed by atoms with Crippen LogP contribution >= 0.6 is 23.2 Å². The molecule has 2 rings (SSSR count). The van der Waals surface area contributed by atoms with Crippen LogP contribution in [0, 0.1) is 0 Å². The van der Waals surface area contributed by atoms with Crippen molar-refractivity contribution >= 4 is 29.2 Å². The highest BCUT2D eigenvalue weighted by Crippen LogP contribution is 2.32. The average molecular weight is 284 g/mol. The molecule has 0 atom stereocenters. The Morgan fingerprint density at radius 3 is 2.67 bits per heavy atom. The van der Waals surface area contributed by atoms with Crippen LogP contribution in [0.1, 0.15) is 10.4 Å². The second kappa shape index (κ2) is 5.25. The van der Waals surface area contributed by atoms with Gasteiger partial charge in [-0.05, 0) is 24.3 Å². The molecular formula is C12H7Cl2NO3. The Labute approximate surface area is 113 Å². The molecular weight excluding hydrogens is 277 g/mol. The summed E-state index contributed by atoms with van der Waals surface area (Å²) < 4.78 is 5.42. The molecule has 92 valence electrons. The van der Waals surface area contributed by atoms with Gasteiger partial charge < -0.3 is 9.84 Å². The smallest absolute Gasteiger partial charge is 0.339 e. The van der Waals surface area contributed by atoms with Crippen LogP contribution in [0.5, 0.6) is 11.5 Å². The molecule has 0 aliphatic carbocycles. The third-order valence-electron chi connectivity index (χ3n) is 2.13. The van der Waals surface area contributed by atoms with Crippen molar-refractivity contribution in [2.45, 2.75) is 0 Å². The van der Waals surface area contributed by atoms with Gasteiger partial charge in [-0.1, -0.05) is 23.2 Å². The first-order valence-corrected chi connectivity index (χ1v) is 5.63. The third kappa shape index (κ3) is 2.72. The summed E-state index contributed by atoms with van der Waals surface area (Å²) in [5.74, 6) is -0.664. The number of carboxylic acid groups (broad SMARTS) is 1. The van der Waals surface area contributed by atoms with Crippen molar-refractivity contribution in [1.29, 1.82) is 0 Å². The number of aromatic nitrogens is 1. The molecule has 6 heteroatoms. The highest BCUT2D eigenvalue weighted by atomic mass is 35.5. The minimum absolute atomic E-state index is 0.0102. The molecule has 1 aromatic carbocycles. The maximum atomic E-state index is 11.0. The number of hydrogen-bond acceptors (Lipinski definition) is 3. The standard InChI is InChI=1S/C12H7Cl2NO3/c13-7-1-2-10(9(14)5-7)18-11-6-15-4-3-8(11)12(16)17/h1-6H,(H,16,17). The predicted molar refractivity (Wildman–Crippen MR) is 67.7 cm³/mol. The van der Waals surface area contributed by atoms with Crippen molar-refractivity contribution in [3.8, 4) is 11.5 Å². The van der Waals surface area contributed by atoms with E-state index in [0.29, 0.717) is 15.8 Å². The van der Waals surface area contributed by atoms with E-state index >= 15 is 0 Å². The van der Waals surface area contributed by atoms with E-state index < -0.39 is 5.97 Å². The predicted octanol–water partition coefficient (Wildman–Crippen LogP) is 3.88. The molecule has 0 amide bonds. The molecule has 18 heavy (non-hydrogen) atoms. The molecule has 2 aromatic rings. The summed E-state index contributed by atoms with van der Waals surface area (Å²) in [7, 11) is 0. The molecule has 1 aromatic heterocycles. The fourth-order valence-corrected chi connectivity index (χ4v) is 1.76. The van der Waals surface area contributed by atoms with Gasteiger partial charge in [0, 0.05) is 11.2 Å². The maximum absolute atomic E-state index is 11.0. The van der Waals surface area contributed by atoms with Gasteiger partial charge in [0.25, 0.3) is 0 Å². The first-order valence-electron chi connectivity index (χ1n) is 4.88. The minimum atomic E-state index is -1.10. The van der Waals surface area contributed by atoms with Crippen molar-refractivity contribution in [2.75, 3.05) is 0 Å². The van der Waals surface area contributed by atoms with Gasteiger partial charge in [0.2, 0.25) is 0 Å². The maximum Gasteiger partial charge on any atom is 0.339 e. The molecule has 0 fully saturated rings. The van der Waals surface area contributed by atoms with Crippen molar-refractivity contribution in [2.24, 2.45) is 0 Å². The summed E-state index contributed by atoms with van der Waals surface area (Å²) in [6.45, 7) is 0. The third-order valence-corrected chi connectivity index (χ3v) is 2.66. The highest BCUT2D eigenvalue weighted by Gasteiger charge is 2.13. The van der Waals surface area contributed by atoms with Crippen molar-refractivity contribution in [1.82, 2.24) is 4.98 Å². The SMILES string of the molecule is O=C(O)c1ccncc1Oc1ccc(Cl)cc1Cl.